The summed E-state index contributed by atoms with van der Waals surface area (Å²) in [6.45, 7) is 13.8. The molecule has 148 valence electrons. The first-order valence-corrected chi connectivity index (χ1v) is 17.6. The van der Waals surface area contributed by atoms with E-state index in [4.69, 9.17) is 0 Å². The lowest BCUT2D eigenvalue weighted by molar-refractivity contribution is 1.72. The van der Waals surface area contributed by atoms with Crippen LogP contribution >= 0.6 is 0 Å². The smallest absolute Gasteiger partial charge is 0.127 e. The molecule has 0 N–H and O–H groups in total. The third kappa shape index (κ3) is 4.22. The molecular weight excluding hydrogens is 392 g/mol. The summed E-state index contributed by atoms with van der Waals surface area (Å²) in [4.78, 5) is 0. The van der Waals surface area contributed by atoms with Crippen LogP contribution in [0.2, 0.25) is 39.3 Å². The summed E-state index contributed by atoms with van der Waals surface area (Å²) in [6, 6.07) is 21.9. The maximum atomic E-state index is 3.61. The lowest BCUT2D eigenvalue weighted by Gasteiger charge is -2.13. The van der Waals surface area contributed by atoms with E-state index in [1.807, 2.05) is 0 Å². The molecule has 4 rings (SSSR count). The van der Waals surface area contributed by atoms with Crippen LogP contribution in [0.25, 0.3) is 32.3 Å². The van der Waals surface area contributed by atoms with Crippen molar-refractivity contribution in [3.8, 4) is 22.9 Å². The van der Waals surface area contributed by atoms with Crippen molar-refractivity contribution in [3.05, 3.63) is 71.8 Å². The van der Waals surface area contributed by atoms with Gasteiger partial charge in [0.2, 0.25) is 0 Å². The minimum absolute atomic E-state index is 1.15. The van der Waals surface area contributed by atoms with Crippen LogP contribution in [-0.2, 0) is 0 Å². The van der Waals surface area contributed by atoms with Crippen molar-refractivity contribution in [1.82, 2.24) is 0 Å². The summed E-state index contributed by atoms with van der Waals surface area (Å²) in [5.41, 5.74) is 9.50. The molecule has 0 spiro atoms. The van der Waals surface area contributed by atoms with Crippen LogP contribution in [0.3, 0.4) is 0 Å². The van der Waals surface area contributed by atoms with Crippen LogP contribution in [0.5, 0.6) is 0 Å². The molecule has 0 unspecified atom stereocenters. The molecule has 0 bridgehead atoms. The van der Waals surface area contributed by atoms with E-state index in [0.717, 1.165) is 11.1 Å². The molecule has 0 fully saturated rings. The van der Waals surface area contributed by atoms with Gasteiger partial charge in [0.1, 0.15) is 16.1 Å². The fraction of sp³-hybridized carbons (Fsp3) is 0.214. The van der Waals surface area contributed by atoms with Gasteiger partial charge in [-0.1, -0.05) is 99.7 Å². The van der Waals surface area contributed by atoms with Crippen LogP contribution < -0.4 is 0 Å². The Morgan fingerprint density at radius 3 is 1.23 bits per heavy atom. The van der Waals surface area contributed by atoms with Crippen LogP contribution in [-0.4, -0.2) is 16.1 Å². The molecular formula is C28H28Si2. The highest BCUT2D eigenvalue weighted by Crippen LogP contribution is 2.35. The molecule has 4 aromatic rings. The van der Waals surface area contributed by atoms with Crippen LogP contribution in [0.15, 0.2) is 60.7 Å². The normalized spacial score (nSPS) is 11.8. The maximum Gasteiger partial charge on any atom is 0.129 e. The predicted octanol–water partition coefficient (Wildman–Crippen LogP) is 7.60. The Hall–Kier alpha value is -2.79. The Kier molecular flexibility index (Phi) is 5.10. The standard InChI is InChI=1S/C28H28Si2/c1-29(2,3)17-15-25-23-13-9-10-14-24(23)26(16-18-30(4,5)6)28-20-22-12-8-7-11-21(22)19-27(25)28/h7-14,19-20H,1-6H3. The zero-order chi connectivity index (χ0) is 21.5. The highest BCUT2D eigenvalue weighted by molar-refractivity contribution is 6.84. The van der Waals surface area contributed by atoms with Gasteiger partial charge in [0.25, 0.3) is 0 Å². The average molecular weight is 421 g/mol. The predicted molar refractivity (Wildman–Crippen MR) is 139 cm³/mol. The molecule has 4 aromatic carbocycles. The summed E-state index contributed by atoms with van der Waals surface area (Å²) >= 11 is 0. The molecule has 0 heterocycles. The molecule has 2 heteroatoms. The third-order valence-electron chi connectivity index (χ3n) is 5.02. The Bertz CT molecular complexity index is 1300. The molecule has 30 heavy (non-hydrogen) atoms. The zero-order valence-corrected chi connectivity index (χ0v) is 20.8. The highest BCUT2D eigenvalue weighted by atomic mass is 28.3. The van der Waals surface area contributed by atoms with Gasteiger partial charge in [-0.2, -0.15) is 0 Å². The van der Waals surface area contributed by atoms with Crippen LogP contribution in [0, 0.1) is 22.9 Å². The van der Waals surface area contributed by atoms with Crippen molar-refractivity contribution < 1.29 is 0 Å². The molecule has 0 aliphatic heterocycles. The Balaban J connectivity index is 2.23. The molecule has 0 aliphatic rings. The molecule has 0 aromatic heterocycles. The van der Waals surface area contributed by atoms with Gasteiger partial charge < -0.3 is 0 Å². The van der Waals surface area contributed by atoms with E-state index >= 15 is 0 Å². The second-order valence-corrected chi connectivity index (χ2v) is 19.5. The summed E-state index contributed by atoms with van der Waals surface area (Å²) in [5, 5.41) is 7.37. The molecule has 0 nitrogen and oxygen atoms in total. The number of rotatable bonds is 0. The van der Waals surface area contributed by atoms with Gasteiger partial charge in [0.15, 0.2) is 0 Å². The van der Waals surface area contributed by atoms with E-state index in [0.29, 0.717) is 0 Å². The van der Waals surface area contributed by atoms with Crippen molar-refractivity contribution in [2.45, 2.75) is 39.3 Å². The van der Waals surface area contributed by atoms with Gasteiger partial charge >= 0.3 is 0 Å². The quantitative estimate of drug-likeness (QED) is 0.156. The second kappa shape index (κ2) is 7.48. The maximum absolute atomic E-state index is 3.61. The molecule has 0 radical (unpaired) electrons. The number of benzene rings is 4. The van der Waals surface area contributed by atoms with E-state index in [1.54, 1.807) is 0 Å². The van der Waals surface area contributed by atoms with Crippen molar-refractivity contribution >= 4 is 48.5 Å². The fourth-order valence-electron chi connectivity index (χ4n) is 3.63. The van der Waals surface area contributed by atoms with Gasteiger partial charge in [-0.15, -0.1) is 11.1 Å². The van der Waals surface area contributed by atoms with E-state index in [1.165, 1.54) is 32.3 Å². The highest BCUT2D eigenvalue weighted by Gasteiger charge is 2.15. The van der Waals surface area contributed by atoms with E-state index < -0.39 is 16.1 Å². The Morgan fingerprint density at radius 1 is 0.500 bits per heavy atom. The molecule has 0 amide bonds. The van der Waals surface area contributed by atoms with Gasteiger partial charge in [-0.05, 0) is 44.5 Å². The Morgan fingerprint density at radius 2 is 0.867 bits per heavy atom. The van der Waals surface area contributed by atoms with Gasteiger partial charge in [0, 0.05) is 11.1 Å². The number of hydrogen-bond acceptors (Lipinski definition) is 0. The van der Waals surface area contributed by atoms with E-state index in [9.17, 15) is 0 Å². The first kappa shape index (κ1) is 20.5. The third-order valence-corrected chi connectivity index (χ3v) is 6.77. The lowest BCUT2D eigenvalue weighted by Crippen LogP contribution is -2.16. The zero-order valence-electron chi connectivity index (χ0n) is 18.8. The van der Waals surface area contributed by atoms with Crippen LogP contribution in [0.1, 0.15) is 11.1 Å². The largest absolute Gasteiger partial charge is 0.129 e. The van der Waals surface area contributed by atoms with Crippen molar-refractivity contribution in [2.75, 3.05) is 0 Å². The SMILES string of the molecule is C[Si](C)(C)C#Cc1c2ccccc2c(C#C[Si](C)(C)C)c2cc3ccccc3cc12. The van der Waals surface area contributed by atoms with Crippen molar-refractivity contribution in [2.24, 2.45) is 0 Å². The number of hydrogen-bond donors (Lipinski definition) is 0. The van der Waals surface area contributed by atoms with Crippen LogP contribution in [0.4, 0.5) is 0 Å². The van der Waals surface area contributed by atoms with Crippen molar-refractivity contribution in [3.63, 3.8) is 0 Å². The molecule has 0 saturated heterocycles. The minimum Gasteiger partial charge on any atom is -0.127 e. The van der Waals surface area contributed by atoms with E-state index in [2.05, 4.69) is 123 Å². The first-order chi connectivity index (χ1) is 14.1. The minimum atomic E-state index is -1.51. The fourth-order valence-corrected chi connectivity index (χ4v) is 4.63. The Labute approximate surface area is 182 Å². The first-order valence-electron chi connectivity index (χ1n) is 10.6. The monoisotopic (exact) mass is 420 g/mol. The second-order valence-electron chi connectivity index (χ2n) is 10.0. The molecule has 0 aliphatic carbocycles. The average Bonchev–Trinajstić information content (AvgIpc) is 2.67. The van der Waals surface area contributed by atoms with Gasteiger partial charge in [-0.3, -0.25) is 0 Å². The molecule has 0 atom stereocenters. The van der Waals surface area contributed by atoms with Gasteiger partial charge in [0.05, 0.1) is 0 Å². The van der Waals surface area contributed by atoms with Gasteiger partial charge in [-0.25, -0.2) is 0 Å². The summed E-state index contributed by atoms with van der Waals surface area (Å²) in [6.07, 6.45) is 0. The topological polar surface area (TPSA) is 0 Å². The number of fused-ring (bicyclic) bond motifs is 3. The lowest BCUT2D eigenvalue weighted by atomic mass is 9.90. The molecule has 0 saturated carbocycles. The van der Waals surface area contributed by atoms with E-state index in [-0.39, 0.29) is 0 Å². The summed E-state index contributed by atoms with van der Waals surface area (Å²) in [7, 11) is -3.01. The van der Waals surface area contributed by atoms with Crippen molar-refractivity contribution in [1.29, 1.82) is 0 Å². The summed E-state index contributed by atoms with van der Waals surface area (Å²) in [5.74, 6) is 7.21. The summed E-state index contributed by atoms with van der Waals surface area (Å²) < 4.78 is 0.